The molecule has 122 valence electrons. The normalized spacial score (nSPS) is 25.6. The third-order valence-electron chi connectivity index (χ3n) is 5.10. The minimum Gasteiger partial charge on any atom is -0.299 e. The molecule has 0 N–H and O–H groups in total. The Morgan fingerprint density at radius 1 is 1.09 bits per heavy atom. The highest BCUT2D eigenvalue weighted by molar-refractivity contribution is 7.88. The van der Waals surface area contributed by atoms with Crippen molar-refractivity contribution in [1.82, 2.24) is 14.2 Å². The molecule has 3 heterocycles. The van der Waals surface area contributed by atoms with Crippen LogP contribution in [0, 0.1) is 11.8 Å². The molecule has 0 saturated carbocycles. The maximum absolute atomic E-state index is 11.6. The average molecular weight is 323 g/mol. The molecule has 2 aliphatic heterocycles. The Morgan fingerprint density at radius 2 is 1.73 bits per heavy atom. The fourth-order valence-electron chi connectivity index (χ4n) is 3.82. The van der Waals surface area contributed by atoms with Crippen molar-refractivity contribution in [2.24, 2.45) is 11.8 Å². The van der Waals surface area contributed by atoms with Gasteiger partial charge in [0.25, 0.3) is 0 Å². The van der Waals surface area contributed by atoms with Gasteiger partial charge >= 0.3 is 0 Å². The van der Waals surface area contributed by atoms with Crippen LogP contribution in [0.15, 0.2) is 24.5 Å². The van der Waals surface area contributed by atoms with E-state index in [9.17, 15) is 8.42 Å². The molecule has 6 heteroatoms. The van der Waals surface area contributed by atoms with Gasteiger partial charge in [0.05, 0.1) is 6.26 Å². The van der Waals surface area contributed by atoms with Gasteiger partial charge in [0, 0.05) is 38.6 Å². The summed E-state index contributed by atoms with van der Waals surface area (Å²) in [6, 6.07) is 4.16. The predicted molar refractivity (Wildman–Crippen MR) is 86.8 cm³/mol. The van der Waals surface area contributed by atoms with Gasteiger partial charge in [0.1, 0.15) is 0 Å². The third kappa shape index (κ3) is 3.86. The van der Waals surface area contributed by atoms with Crippen molar-refractivity contribution in [2.45, 2.75) is 25.8 Å². The molecule has 0 spiro atoms. The fourth-order valence-corrected chi connectivity index (χ4v) is 4.69. The number of pyridine rings is 1. The van der Waals surface area contributed by atoms with Crippen LogP contribution in [-0.2, 0) is 16.6 Å². The molecular weight excluding hydrogens is 298 g/mol. The molecule has 1 aromatic heterocycles. The van der Waals surface area contributed by atoms with Gasteiger partial charge in [0.15, 0.2) is 0 Å². The average Bonchev–Trinajstić information content (AvgIpc) is 2.96. The number of hydrogen-bond donors (Lipinski definition) is 0. The second-order valence-corrected chi connectivity index (χ2v) is 8.62. The molecule has 0 bridgehead atoms. The largest absolute Gasteiger partial charge is 0.299 e. The van der Waals surface area contributed by atoms with Crippen molar-refractivity contribution in [3.05, 3.63) is 30.1 Å². The molecule has 2 fully saturated rings. The molecule has 1 unspecified atom stereocenters. The fraction of sp³-hybridized carbons (Fsp3) is 0.688. The Balaban J connectivity index is 1.49. The van der Waals surface area contributed by atoms with Crippen LogP contribution in [-0.4, -0.2) is 55.0 Å². The van der Waals surface area contributed by atoms with E-state index in [0.29, 0.717) is 19.0 Å². The van der Waals surface area contributed by atoms with Gasteiger partial charge in [-0.15, -0.1) is 0 Å². The van der Waals surface area contributed by atoms with E-state index in [1.165, 1.54) is 18.2 Å². The zero-order valence-corrected chi connectivity index (χ0v) is 14.0. The second kappa shape index (κ2) is 6.64. The van der Waals surface area contributed by atoms with Gasteiger partial charge in [-0.05, 0) is 55.3 Å². The lowest BCUT2D eigenvalue weighted by Gasteiger charge is -2.33. The molecule has 0 amide bonds. The maximum atomic E-state index is 11.6. The van der Waals surface area contributed by atoms with E-state index in [0.717, 1.165) is 38.4 Å². The highest BCUT2D eigenvalue weighted by Gasteiger charge is 2.33. The minimum absolute atomic E-state index is 0.681. The second-order valence-electron chi connectivity index (χ2n) is 6.64. The predicted octanol–water partition coefficient (Wildman–Crippen LogP) is 1.58. The summed E-state index contributed by atoms with van der Waals surface area (Å²) in [7, 11) is -3.01. The van der Waals surface area contributed by atoms with Gasteiger partial charge in [0.2, 0.25) is 10.0 Å². The monoisotopic (exact) mass is 323 g/mol. The van der Waals surface area contributed by atoms with Crippen molar-refractivity contribution < 1.29 is 8.42 Å². The van der Waals surface area contributed by atoms with E-state index >= 15 is 0 Å². The number of rotatable bonds is 4. The Bertz CT molecular complexity index is 583. The quantitative estimate of drug-likeness (QED) is 0.844. The number of piperidine rings is 1. The van der Waals surface area contributed by atoms with Crippen LogP contribution in [0.2, 0.25) is 0 Å². The van der Waals surface area contributed by atoms with Crippen molar-refractivity contribution in [3.8, 4) is 0 Å². The smallest absolute Gasteiger partial charge is 0.211 e. The molecule has 2 aliphatic rings. The summed E-state index contributed by atoms with van der Waals surface area (Å²) >= 11 is 0. The van der Waals surface area contributed by atoms with E-state index in [-0.39, 0.29) is 0 Å². The lowest BCUT2D eigenvalue weighted by molar-refractivity contribution is 0.202. The van der Waals surface area contributed by atoms with Crippen LogP contribution < -0.4 is 0 Å². The zero-order valence-electron chi connectivity index (χ0n) is 13.2. The first-order chi connectivity index (χ1) is 10.5. The summed E-state index contributed by atoms with van der Waals surface area (Å²) < 4.78 is 24.8. The Kier molecular flexibility index (Phi) is 4.80. The Morgan fingerprint density at radius 3 is 2.36 bits per heavy atom. The first-order valence-corrected chi connectivity index (χ1v) is 9.93. The van der Waals surface area contributed by atoms with Crippen molar-refractivity contribution in [1.29, 1.82) is 0 Å². The van der Waals surface area contributed by atoms with Crippen LogP contribution in [0.5, 0.6) is 0 Å². The van der Waals surface area contributed by atoms with Gasteiger partial charge in [-0.2, -0.15) is 0 Å². The number of hydrogen-bond acceptors (Lipinski definition) is 4. The summed E-state index contributed by atoms with van der Waals surface area (Å²) in [6.45, 7) is 4.70. The Hall–Kier alpha value is -0.980. The van der Waals surface area contributed by atoms with E-state index in [2.05, 4.69) is 22.0 Å². The molecule has 2 saturated heterocycles. The van der Waals surface area contributed by atoms with Gasteiger partial charge in [-0.25, -0.2) is 12.7 Å². The number of aromatic nitrogens is 1. The van der Waals surface area contributed by atoms with Crippen LogP contribution in [0.25, 0.3) is 0 Å². The first-order valence-electron chi connectivity index (χ1n) is 8.09. The van der Waals surface area contributed by atoms with Gasteiger partial charge in [-0.1, -0.05) is 0 Å². The van der Waals surface area contributed by atoms with E-state index in [4.69, 9.17) is 0 Å². The first kappa shape index (κ1) is 15.9. The van der Waals surface area contributed by atoms with Crippen molar-refractivity contribution in [2.75, 3.05) is 32.4 Å². The van der Waals surface area contributed by atoms with Crippen LogP contribution in [0.3, 0.4) is 0 Å². The zero-order chi connectivity index (χ0) is 15.6. The SMILES string of the molecule is CS(=O)(=O)N1CCC(C2CCN(Cc3ccncc3)C2)CC1. The summed E-state index contributed by atoms with van der Waals surface area (Å²) in [4.78, 5) is 6.58. The van der Waals surface area contributed by atoms with Crippen LogP contribution in [0.1, 0.15) is 24.8 Å². The topological polar surface area (TPSA) is 53.5 Å². The maximum Gasteiger partial charge on any atom is 0.211 e. The molecule has 0 radical (unpaired) electrons. The van der Waals surface area contributed by atoms with E-state index < -0.39 is 10.0 Å². The standard InChI is InChI=1S/C16H25N3O2S/c1-22(20,21)19-10-5-15(6-11-19)16-4-9-18(13-16)12-14-2-7-17-8-3-14/h2-3,7-8,15-16H,4-6,9-13H2,1H3. The summed E-state index contributed by atoms with van der Waals surface area (Å²) in [5, 5.41) is 0. The summed E-state index contributed by atoms with van der Waals surface area (Å²) in [6.07, 6.45) is 8.29. The van der Waals surface area contributed by atoms with Crippen molar-refractivity contribution in [3.63, 3.8) is 0 Å². The molecule has 0 aromatic carbocycles. The van der Waals surface area contributed by atoms with E-state index in [1.807, 2.05) is 12.4 Å². The van der Waals surface area contributed by atoms with Gasteiger partial charge in [-0.3, -0.25) is 9.88 Å². The lowest BCUT2D eigenvalue weighted by Crippen LogP contribution is -2.39. The Labute approximate surface area is 133 Å². The highest BCUT2D eigenvalue weighted by Crippen LogP contribution is 2.32. The number of sulfonamides is 1. The lowest BCUT2D eigenvalue weighted by atomic mass is 9.84. The molecular formula is C16H25N3O2S. The molecule has 1 aromatic rings. The number of nitrogens with zero attached hydrogens (tertiary/aromatic N) is 3. The van der Waals surface area contributed by atoms with Gasteiger partial charge < -0.3 is 0 Å². The third-order valence-corrected chi connectivity index (χ3v) is 6.40. The molecule has 5 nitrogen and oxygen atoms in total. The molecule has 1 atom stereocenters. The molecule has 22 heavy (non-hydrogen) atoms. The van der Waals surface area contributed by atoms with E-state index in [1.54, 1.807) is 4.31 Å². The van der Waals surface area contributed by atoms with Crippen LogP contribution in [0.4, 0.5) is 0 Å². The van der Waals surface area contributed by atoms with Crippen LogP contribution >= 0.6 is 0 Å². The highest BCUT2D eigenvalue weighted by atomic mass is 32.2. The summed E-state index contributed by atoms with van der Waals surface area (Å²) in [5.41, 5.74) is 1.32. The number of likely N-dealkylation sites (tertiary alicyclic amines) is 1. The molecule has 0 aliphatic carbocycles. The minimum atomic E-state index is -3.01. The summed E-state index contributed by atoms with van der Waals surface area (Å²) in [5.74, 6) is 1.41. The van der Waals surface area contributed by atoms with Crippen molar-refractivity contribution >= 4 is 10.0 Å². The molecule has 3 rings (SSSR count).